The molecule has 0 aliphatic carbocycles. The van der Waals surface area contributed by atoms with Crippen LogP contribution >= 0.6 is 0 Å². The van der Waals surface area contributed by atoms with Gasteiger partial charge in [0.05, 0.1) is 0 Å². The third-order valence-corrected chi connectivity index (χ3v) is 10.4. The third kappa shape index (κ3) is 8.70. The average Bonchev–Trinajstić information content (AvgIpc) is 3.27. The molecule has 1 N–H and O–H groups in total. The van der Waals surface area contributed by atoms with Crippen molar-refractivity contribution in [1.82, 2.24) is 0 Å². The van der Waals surface area contributed by atoms with Crippen LogP contribution in [0.3, 0.4) is 0 Å². The summed E-state index contributed by atoms with van der Waals surface area (Å²) in [7, 11) is 0. The highest BCUT2D eigenvalue weighted by Crippen LogP contribution is 2.59. The number of hydrogen-bond acceptors (Lipinski definition) is 1. The lowest BCUT2D eigenvalue weighted by Gasteiger charge is -2.51. The molecule has 7 rings (SSSR count). The number of allylic oxidation sites excluding steroid dienone is 5. The summed E-state index contributed by atoms with van der Waals surface area (Å²) in [6.45, 7) is 0. The largest absolute Gasteiger partial charge is 0.508 e. The maximum absolute atomic E-state index is 12.3. The van der Waals surface area contributed by atoms with E-state index in [1.54, 1.807) is 0 Å². The van der Waals surface area contributed by atoms with Gasteiger partial charge in [-0.05, 0) is 39.4 Å². The maximum atomic E-state index is 12.3. The predicted molar refractivity (Wildman–Crippen MR) is 239 cm³/mol. The fraction of sp³-hybridized carbons (Fsp3) is 0.0545. The summed E-state index contributed by atoms with van der Waals surface area (Å²) in [6.07, 6.45) is 22.7. The minimum Gasteiger partial charge on any atom is -0.508 e. The van der Waals surface area contributed by atoms with Crippen LogP contribution in [0.5, 0.6) is 5.75 Å². The molecule has 7 aromatic rings. The van der Waals surface area contributed by atoms with Crippen molar-refractivity contribution in [2.24, 2.45) is 11.3 Å². The van der Waals surface area contributed by atoms with Gasteiger partial charge in [-0.2, -0.15) is 0 Å². The minimum atomic E-state index is -0.974. The predicted octanol–water partition coefficient (Wildman–Crippen LogP) is 13.8. The van der Waals surface area contributed by atoms with E-state index in [9.17, 15) is 5.11 Å². The van der Waals surface area contributed by atoms with Crippen molar-refractivity contribution in [3.8, 4) is 5.75 Å². The first-order valence-electron chi connectivity index (χ1n) is 19.2. The van der Waals surface area contributed by atoms with Crippen molar-refractivity contribution < 1.29 is 5.11 Å². The van der Waals surface area contributed by atoms with E-state index in [0.29, 0.717) is 0 Å². The van der Waals surface area contributed by atoms with Crippen LogP contribution in [-0.4, -0.2) is 5.11 Å². The highest BCUT2D eigenvalue weighted by molar-refractivity contribution is 5.68. The first-order valence-corrected chi connectivity index (χ1v) is 19.2. The second-order valence-electron chi connectivity index (χ2n) is 13.9. The van der Waals surface area contributed by atoms with Gasteiger partial charge in [-0.1, -0.05) is 261 Å². The molecule has 0 saturated heterocycles. The lowest BCUT2D eigenvalue weighted by atomic mass is 9.50. The Kier molecular flexibility index (Phi) is 12.3. The maximum Gasteiger partial charge on any atom is 0.119 e. The Morgan fingerprint density at radius 3 is 1.00 bits per heavy atom. The van der Waals surface area contributed by atoms with Gasteiger partial charge in [-0.25, -0.2) is 0 Å². The van der Waals surface area contributed by atoms with E-state index in [1.807, 2.05) is 48.5 Å². The first-order chi connectivity index (χ1) is 27.7. The molecule has 0 bridgehead atoms. The van der Waals surface area contributed by atoms with E-state index in [-0.39, 0.29) is 11.7 Å². The van der Waals surface area contributed by atoms with Gasteiger partial charge in [0.15, 0.2) is 0 Å². The molecular weight excluding hydrogens is 677 g/mol. The van der Waals surface area contributed by atoms with E-state index in [4.69, 9.17) is 0 Å². The third-order valence-electron chi connectivity index (χ3n) is 10.4. The Bertz CT molecular complexity index is 2220. The fourth-order valence-electron chi connectivity index (χ4n) is 7.67. The molecule has 0 amide bonds. The Hall–Kier alpha value is -6.96. The van der Waals surface area contributed by atoms with Gasteiger partial charge in [0.2, 0.25) is 0 Å². The first kappa shape index (κ1) is 37.4. The van der Waals surface area contributed by atoms with Gasteiger partial charge in [0.25, 0.3) is 0 Å². The Labute approximate surface area is 332 Å². The number of rotatable bonds is 14. The Morgan fingerprint density at radius 2 is 0.643 bits per heavy atom. The van der Waals surface area contributed by atoms with Crippen LogP contribution in [0, 0.1) is 11.3 Å². The Balaban J connectivity index is 1.65. The Morgan fingerprint density at radius 1 is 0.339 bits per heavy atom. The topological polar surface area (TPSA) is 20.2 Å². The van der Waals surface area contributed by atoms with E-state index in [0.717, 1.165) is 38.9 Å². The monoisotopic (exact) mass is 722 g/mol. The van der Waals surface area contributed by atoms with E-state index in [2.05, 4.69) is 218 Å². The van der Waals surface area contributed by atoms with Crippen LogP contribution in [0.1, 0.15) is 38.9 Å². The smallest absolute Gasteiger partial charge is 0.119 e. The number of phenolic OH excluding ortho intramolecular Hbond substituents is 1. The van der Waals surface area contributed by atoms with E-state index in [1.165, 1.54) is 0 Å². The molecule has 56 heavy (non-hydrogen) atoms. The standard InChI is InChI=1S/C55H46O/c56-53-34-20-19-33-52(53)55(50-31-17-6-18-32-50,51(37-35-45-21-7-1-8-22-45)38-36-46-23-9-2-10-24-46)54(42-39-47-25-11-3-12-26-47,43-40-48-27-13-4-14-28-48)44-41-49-29-15-5-16-30-49/h1-44,51,56H. The summed E-state index contributed by atoms with van der Waals surface area (Å²) in [5.41, 5.74) is 5.38. The number of aromatic hydroxyl groups is 1. The van der Waals surface area contributed by atoms with Crippen LogP contribution in [0.2, 0.25) is 0 Å². The fourth-order valence-corrected chi connectivity index (χ4v) is 7.67. The molecule has 1 atom stereocenters. The minimum absolute atomic E-state index is 0.223. The van der Waals surface area contributed by atoms with Gasteiger partial charge in [-0.3, -0.25) is 0 Å². The summed E-state index contributed by atoms with van der Waals surface area (Å²) < 4.78 is 0. The number of hydrogen-bond donors (Lipinski definition) is 1. The molecule has 1 heteroatoms. The second kappa shape index (κ2) is 18.4. The highest BCUT2D eigenvalue weighted by Gasteiger charge is 2.54. The number of phenols is 1. The molecule has 1 unspecified atom stereocenters. The van der Waals surface area contributed by atoms with E-state index >= 15 is 0 Å². The average molecular weight is 723 g/mol. The number of para-hydroxylation sites is 1. The summed E-state index contributed by atoms with van der Waals surface area (Å²) in [5, 5.41) is 12.3. The lowest BCUT2D eigenvalue weighted by molar-refractivity contribution is 0.292. The molecule has 0 aromatic heterocycles. The molecule has 1 nitrogen and oxygen atoms in total. The molecule has 0 saturated carbocycles. The van der Waals surface area contributed by atoms with Crippen molar-refractivity contribution in [2.45, 2.75) is 5.41 Å². The molecule has 272 valence electrons. The molecule has 0 heterocycles. The molecule has 7 aromatic carbocycles. The second-order valence-corrected chi connectivity index (χ2v) is 13.9. The zero-order valence-corrected chi connectivity index (χ0v) is 31.4. The molecular formula is C55H46O. The van der Waals surface area contributed by atoms with Crippen LogP contribution in [0.25, 0.3) is 30.4 Å². The molecule has 0 aliphatic rings. The van der Waals surface area contributed by atoms with E-state index < -0.39 is 10.8 Å². The molecule has 0 fully saturated rings. The zero-order valence-electron chi connectivity index (χ0n) is 31.4. The van der Waals surface area contributed by atoms with Crippen molar-refractivity contribution in [3.63, 3.8) is 0 Å². The molecule has 0 spiro atoms. The van der Waals surface area contributed by atoms with Gasteiger partial charge in [0.1, 0.15) is 5.75 Å². The SMILES string of the molecule is Oc1ccccc1C(c1ccccc1)(C(C=Cc1ccccc1)C=Cc1ccccc1)C(C=Cc1ccccc1)(C=Cc1ccccc1)C=Cc1ccccc1. The summed E-state index contributed by atoms with van der Waals surface area (Å²) in [4.78, 5) is 0. The van der Waals surface area contributed by atoms with Gasteiger partial charge in [-0.15, -0.1) is 0 Å². The van der Waals surface area contributed by atoms with Crippen LogP contribution in [-0.2, 0) is 5.41 Å². The van der Waals surface area contributed by atoms with Crippen molar-refractivity contribution >= 4 is 30.4 Å². The van der Waals surface area contributed by atoms with Crippen LogP contribution in [0.15, 0.2) is 237 Å². The normalized spacial score (nSPS) is 14.7. The quantitative estimate of drug-likeness (QED) is 0.118. The number of benzene rings is 7. The molecule has 0 aliphatic heterocycles. The highest BCUT2D eigenvalue weighted by atomic mass is 16.3. The van der Waals surface area contributed by atoms with Crippen molar-refractivity contribution in [1.29, 1.82) is 0 Å². The van der Waals surface area contributed by atoms with Gasteiger partial charge < -0.3 is 5.11 Å². The van der Waals surface area contributed by atoms with Gasteiger partial charge in [0, 0.05) is 22.3 Å². The van der Waals surface area contributed by atoms with Gasteiger partial charge >= 0.3 is 0 Å². The van der Waals surface area contributed by atoms with Crippen LogP contribution in [0.4, 0.5) is 0 Å². The van der Waals surface area contributed by atoms with Crippen molar-refractivity contribution in [3.05, 3.63) is 276 Å². The summed E-state index contributed by atoms with van der Waals surface area (Å²) in [6, 6.07) is 70.8. The zero-order chi connectivity index (χ0) is 38.3. The molecule has 0 radical (unpaired) electrons. The van der Waals surface area contributed by atoms with Crippen LogP contribution < -0.4 is 0 Å². The summed E-state index contributed by atoms with van der Waals surface area (Å²) >= 11 is 0. The van der Waals surface area contributed by atoms with Crippen molar-refractivity contribution in [2.75, 3.05) is 0 Å². The lowest BCUT2D eigenvalue weighted by Crippen LogP contribution is -2.48. The summed E-state index contributed by atoms with van der Waals surface area (Å²) in [5.74, 6) is -0.0961.